The van der Waals surface area contributed by atoms with Gasteiger partial charge in [-0.15, -0.1) is 0 Å². The van der Waals surface area contributed by atoms with Crippen LogP contribution in [0.1, 0.15) is 5.69 Å². The standard InChI is InChI=1S/C4H3F3N2.CH2O/c5-4(6,7)3-1-2-8-9-3;1-2/h1-2H,(H,8,9);1H2. The van der Waals surface area contributed by atoms with E-state index in [9.17, 15) is 13.2 Å². The molecule has 1 rings (SSSR count). The smallest absolute Gasteiger partial charge is 0.307 e. The molecule has 62 valence electrons. The summed E-state index contributed by atoms with van der Waals surface area (Å²) in [5.41, 5.74) is -0.887. The Morgan fingerprint density at radius 1 is 1.45 bits per heavy atom. The number of carbonyl (C=O) groups is 1. The number of halogens is 3. The maximum Gasteiger partial charge on any atom is 0.435 e. The van der Waals surface area contributed by atoms with Crippen molar-refractivity contribution in [1.29, 1.82) is 0 Å². The minimum Gasteiger partial charge on any atom is -0.307 e. The first-order valence-corrected chi connectivity index (χ1v) is 2.46. The largest absolute Gasteiger partial charge is 0.435 e. The molecular weight excluding hydrogens is 161 g/mol. The summed E-state index contributed by atoms with van der Waals surface area (Å²) in [7, 11) is 0. The Hall–Kier alpha value is -1.33. The fourth-order valence-corrected chi connectivity index (χ4v) is 0.418. The second kappa shape index (κ2) is 3.75. The second-order valence-electron chi connectivity index (χ2n) is 1.46. The van der Waals surface area contributed by atoms with Gasteiger partial charge in [0.2, 0.25) is 0 Å². The summed E-state index contributed by atoms with van der Waals surface area (Å²) in [6.07, 6.45) is -3.19. The van der Waals surface area contributed by atoms with Crippen LogP contribution in [0.25, 0.3) is 0 Å². The molecule has 11 heavy (non-hydrogen) atoms. The van der Waals surface area contributed by atoms with Gasteiger partial charge in [-0.2, -0.15) is 18.3 Å². The van der Waals surface area contributed by atoms with Crippen LogP contribution in [0.5, 0.6) is 0 Å². The summed E-state index contributed by atoms with van der Waals surface area (Å²) in [5, 5.41) is 5.00. The molecule has 1 aromatic heterocycles. The molecule has 0 aliphatic heterocycles. The van der Waals surface area contributed by atoms with Crippen LogP contribution in [0, 0.1) is 0 Å². The van der Waals surface area contributed by atoms with Crippen LogP contribution in [-0.4, -0.2) is 17.0 Å². The molecule has 0 bridgehead atoms. The Kier molecular flexibility index (Phi) is 3.29. The summed E-state index contributed by atoms with van der Waals surface area (Å²) >= 11 is 0. The van der Waals surface area contributed by atoms with Gasteiger partial charge >= 0.3 is 6.18 Å². The summed E-state index contributed by atoms with van der Waals surface area (Å²) in [6.45, 7) is 2.00. The molecule has 0 aliphatic rings. The van der Waals surface area contributed by atoms with E-state index >= 15 is 0 Å². The number of rotatable bonds is 0. The fourth-order valence-electron chi connectivity index (χ4n) is 0.418. The van der Waals surface area contributed by atoms with E-state index in [0.717, 1.165) is 12.3 Å². The predicted octanol–water partition coefficient (Wildman–Crippen LogP) is 1.24. The van der Waals surface area contributed by atoms with Crippen molar-refractivity contribution >= 4 is 6.79 Å². The highest BCUT2D eigenvalue weighted by atomic mass is 19.4. The maximum atomic E-state index is 11.5. The van der Waals surface area contributed by atoms with Gasteiger partial charge in [0.15, 0.2) is 5.69 Å². The number of carbonyl (C=O) groups excluding carboxylic acids is 1. The SMILES string of the molecule is C=O.FC(F)(F)c1cc[nH]n1. The summed E-state index contributed by atoms with van der Waals surface area (Å²) in [5.74, 6) is 0. The Labute approximate surface area is 60.2 Å². The van der Waals surface area contributed by atoms with Crippen LogP contribution in [0.4, 0.5) is 13.2 Å². The second-order valence-corrected chi connectivity index (χ2v) is 1.46. The number of nitrogens with one attached hydrogen (secondary N) is 1. The molecular formula is C5H5F3N2O. The van der Waals surface area contributed by atoms with Crippen LogP contribution in [0.15, 0.2) is 12.3 Å². The third-order valence-corrected chi connectivity index (χ3v) is 0.791. The van der Waals surface area contributed by atoms with E-state index in [2.05, 4.69) is 10.2 Å². The maximum absolute atomic E-state index is 11.5. The summed E-state index contributed by atoms with van der Waals surface area (Å²) in [6, 6.07) is 0.875. The first-order valence-electron chi connectivity index (χ1n) is 2.46. The zero-order valence-corrected chi connectivity index (χ0v) is 5.35. The molecule has 0 aromatic carbocycles. The average molecular weight is 166 g/mol. The monoisotopic (exact) mass is 166 g/mol. The van der Waals surface area contributed by atoms with Crippen molar-refractivity contribution in [2.45, 2.75) is 6.18 Å². The molecule has 0 unspecified atom stereocenters. The highest BCUT2D eigenvalue weighted by Crippen LogP contribution is 2.26. The van der Waals surface area contributed by atoms with Gasteiger partial charge in [0.25, 0.3) is 0 Å². The van der Waals surface area contributed by atoms with Gasteiger partial charge in [0, 0.05) is 6.20 Å². The number of hydrogen-bond donors (Lipinski definition) is 1. The normalized spacial score (nSPS) is 10.1. The molecule has 0 saturated carbocycles. The van der Waals surface area contributed by atoms with Crippen molar-refractivity contribution < 1.29 is 18.0 Å². The van der Waals surface area contributed by atoms with Crippen molar-refractivity contribution in [2.24, 2.45) is 0 Å². The van der Waals surface area contributed by atoms with Crippen molar-refractivity contribution in [1.82, 2.24) is 10.2 Å². The molecule has 0 aliphatic carbocycles. The lowest BCUT2D eigenvalue weighted by atomic mass is 10.4. The quantitative estimate of drug-likeness (QED) is 0.630. The van der Waals surface area contributed by atoms with Crippen molar-refractivity contribution in [3.05, 3.63) is 18.0 Å². The molecule has 6 heteroatoms. The molecule has 3 nitrogen and oxygen atoms in total. The first kappa shape index (κ1) is 9.67. The molecule has 1 N–H and O–H groups in total. The summed E-state index contributed by atoms with van der Waals surface area (Å²) in [4.78, 5) is 8.00. The van der Waals surface area contributed by atoms with E-state index in [0.29, 0.717) is 0 Å². The van der Waals surface area contributed by atoms with Crippen LogP contribution in [0.3, 0.4) is 0 Å². The first-order chi connectivity index (χ1) is 5.11. The van der Waals surface area contributed by atoms with E-state index in [4.69, 9.17) is 4.79 Å². The third-order valence-electron chi connectivity index (χ3n) is 0.791. The van der Waals surface area contributed by atoms with E-state index in [1.54, 1.807) is 0 Å². The fraction of sp³-hybridized carbons (Fsp3) is 0.200. The van der Waals surface area contributed by atoms with E-state index in [1.807, 2.05) is 6.79 Å². The molecule has 0 saturated heterocycles. The number of aromatic nitrogens is 2. The Morgan fingerprint density at radius 3 is 2.18 bits per heavy atom. The summed E-state index contributed by atoms with van der Waals surface area (Å²) < 4.78 is 34.6. The van der Waals surface area contributed by atoms with Gasteiger partial charge in [-0.1, -0.05) is 0 Å². The lowest BCUT2D eigenvalue weighted by Gasteiger charge is -1.98. The predicted molar refractivity (Wildman–Crippen MR) is 30.7 cm³/mol. The van der Waals surface area contributed by atoms with E-state index in [-0.39, 0.29) is 0 Å². The lowest BCUT2D eigenvalue weighted by Crippen LogP contribution is -2.04. The van der Waals surface area contributed by atoms with Crippen LogP contribution in [0.2, 0.25) is 0 Å². The molecule has 0 amide bonds. The number of H-pyrrole nitrogens is 1. The van der Waals surface area contributed by atoms with E-state index < -0.39 is 11.9 Å². The van der Waals surface area contributed by atoms with Gasteiger partial charge in [0.05, 0.1) is 0 Å². The molecule has 0 fully saturated rings. The minimum atomic E-state index is -4.32. The molecule has 0 radical (unpaired) electrons. The zero-order chi connectivity index (χ0) is 8.91. The number of hydrogen-bond acceptors (Lipinski definition) is 2. The Balaban J connectivity index is 0.000000461. The van der Waals surface area contributed by atoms with Gasteiger partial charge in [-0.3, -0.25) is 5.10 Å². The average Bonchev–Trinajstić information content (AvgIpc) is 2.40. The highest BCUT2D eigenvalue weighted by molar-refractivity contribution is 5.11. The van der Waals surface area contributed by atoms with E-state index in [1.165, 1.54) is 0 Å². The van der Waals surface area contributed by atoms with Crippen LogP contribution >= 0.6 is 0 Å². The third kappa shape index (κ3) is 2.83. The van der Waals surface area contributed by atoms with Crippen LogP contribution in [-0.2, 0) is 11.0 Å². The molecule has 1 aromatic rings. The number of nitrogens with zero attached hydrogens (tertiary/aromatic N) is 1. The molecule has 1 heterocycles. The van der Waals surface area contributed by atoms with Gasteiger partial charge in [0.1, 0.15) is 6.79 Å². The van der Waals surface area contributed by atoms with Crippen molar-refractivity contribution in [2.75, 3.05) is 0 Å². The van der Waals surface area contributed by atoms with Gasteiger partial charge in [-0.05, 0) is 6.07 Å². The Bertz CT molecular complexity index is 194. The van der Waals surface area contributed by atoms with Crippen molar-refractivity contribution in [3.63, 3.8) is 0 Å². The highest BCUT2D eigenvalue weighted by Gasteiger charge is 2.32. The Morgan fingerprint density at radius 2 is 2.00 bits per heavy atom. The lowest BCUT2D eigenvalue weighted by molar-refractivity contribution is -0.141. The van der Waals surface area contributed by atoms with Gasteiger partial charge < -0.3 is 4.79 Å². The molecule has 0 spiro atoms. The van der Waals surface area contributed by atoms with Crippen LogP contribution < -0.4 is 0 Å². The zero-order valence-electron chi connectivity index (χ0n) is 5.35. The number of alkyl halides is 3. The minimum absolute atomic E-state index is 0.875. The number of aromatic amines is 1. The topological polar surface area (TPSA) is 45.8 Å². The molecule has 0 atom stereocenters. The van der Waals surface area contributed by atoms with Crippen molar-refractivity contribution in [3.8, 4) is 0 Å². The van der Waals surface area contributed by atoms with Gasteiger partial charge in [-0.25, -0.2) is 0 Å².